The minimum absolute atomic E-state index is 0.261. The second-order valence-electron chi connectivity index (χ2n) is 3.47. The van der Waals surface area contributed by atoms with Crippen LogP contribution in [0.25, 0.3) is 6.08 Å². The van der Waals surface area contributed by atoms with E-state index < -0.39 is 0 Å². The summed E-state index contributed by atoms with van der Waals surface area (Å²) < 4.78 is 0. The van der Waals surface area contributed by atoms with Crippen molar-refractivity contribution in [3.8, 4) is 0 Å². The molecule has 0 spiro atoms. The van der Waals surface area contributed by atoms with Crippen molar-refractivity contribution >= 4 is 6.08 Å². The molecule has 3 heteroatoms. The van der Waals surface area contributed by atoms with Crippen molar-refractivity contribution in [2.45, 2.75) is 12.6 Å². The van der Waals surface area contributed by atoms with Crippen molar-refractivity contribution in [3.63, 3.8) is 0 Å². The number of benzene rings is 1. The zero-order chi connectivity index (χ0) is 10.9. The lowest BCUT2D eigenvalue weighted by Gasteiger charge is -2.05. The monoisotopic (exact) mass is 205 g/mol. The highest BCUT2D eigenvalue weighted by molar-refractivity contribution is 5.48. The van der Waals surface area contributed by atoms with Gasteiger partial charge >= 0.3 is 0 Å². The first-order chi connectivity index (χ1) is 7.29. The molecular weight excluding hydrogens is 186 g/mol. The SMILES string of the molecule is NC(N)CNCCC=Cc1ccccc1. The van der Waals surface area contributed by atoms with Gasteiger partial charge in [0.2, 0.25) is 0 Å². The Labute approximate surface area is 91.2 Å². The molecule has 0 heterocycles. The summed E-state index contributed by atoms with van der Waals surface area (Å²) in [5.74, 6) is 0. The first-order valence-corrected chi connectivity index (χ1v) is 5.22. The van der Waals surface area contributed by atoms with Crippen LogP contribution in [0.1, 0.15) is 12.0 Å². The third-order valence-electron chi connectivity index (χ3n) is 1.98. The van der Waals surface area contributed by atoms with Gasteiger partial charge in [-0.15, -0.1) is 0 Å². The molecule has 0 amide bonds. The number of nitrogens with one attached hydrogen (secondary N) is 1. The third kappa shape index (κ3) is 6.01. The molecule has 1 aromatic carbocycles. The molecule has 0 aromatic heterocycles. The highest BCUT2D eigenvalue weighted by atomic mass is 15.0. The van der Waals surface area contributed by atoms with E-state index in [1.165, 1.54) is 5.56 Å². The van der Waals surface area contributed by atoms with Crippen LogP contribution in [0.5, 0.6) is 0 Å². The molecular formula is C12H19N3. The number of hydrogen-bond donors (Lipinski definition) is 3. The number of rotatable bonds is 6. The van der Waals surface area contributed by atoms with Crippen LogP contribution in [0.4, 0.5) is 0 Å². The molecule has 1 aromatic rings. The van der Waals surface area contributed by atoms with Gasteiger partial charge in [-0.2, -0.15) is 0 Å². The van der Waals surface area contributed by atoms with Crippen molar-refractivity contribution in [2.75, 3.05) is 13.1 Å². The fourth-order valence-corrected chi connectivity index (χ4v) is 1.24. The average Bonchev–Trinajstić information content (AvgIpc) is 2.24. The molecule has 0 radical (unpaired) electrons. The van der Waals surface area contributed by atoms with Crippen LogP contribution in [0, 0.1) is 0 Å². The molecule has 0 aliphatic heterocycles. The van der Waals surface area contributed by atoms with Crippen LogP contribution in [-0.4, -0.2) is 19.3 Å². The van der Waals surface area contributed by atoms with Crippen LogP contribution in [0.2, 0.25) is 0 Å². The van der Waals surface area contributed by atoms with E-state index in [0.717, 1.165) is 13.0 Å². The Morgan fingerprint density at radius 2 is 1.93 bits per heavy atom. The standard InChI is InChI=1S/C12H19N3/c13-12(14)10-15-9-5-4-8-11-6-2-1-3-7-11/h1-4,6-8,12,15H,5,9-10,13-14H2. The topological polar surface area (TPSA) is 64.1 Å². The maximum atomic E-state index is 5.40. The second-order valence-corrected chi connectivity index (χ2v) is 3.47. The molecule has 15 heavy (non-hydrogen) atoms. The average molecular weight is 205 g/mol. The molecule has 0 saturated carbocycles. The van der Waals surface area contributed by atoms with E-state index in [9.17, 15) is 0 Å². The van der Waals surface area contributed by atoms with Crippen LogP contribution < -0.4 is 16.8 Å². The van der Waals surface area contributed by atoms with Crippen molar-refractivity contribution in [2.24, 2.45) is 11.5 Å². The molecule has 0 unspecified atom stereocenters. The molecule has 1 rings (SSSR count). The maximum absolute atomic E-state index is 5.40. The van der Waals surface area contributed by atoms with Crippen molar-refractivity contribution in [3.05, 3.63) is 42.0 Å². The first kappa shape index (κ1) is 11.9. The molecule has 0 fully saturated rings. The quantitative estimate of drug-likeness (QED) is 0.478. The van der Waals surface area contributed by atoms with E-state index in [2.05, 4.69) is 29.6 Å². The molecule has 0 saturated heterocycles. The van der Waals surface area contributed by atoms with Gasteiger partial charge in [-0.05, 0) is 18.5 Å². The number of nitrogens with two attached hydrogens (primary N) is 2. The van der Waals surface area contributed by atoms with E-state index >= 15 is 0 Å². The van der Waals surface area contributed by atoms with Crippen molar-refractivity contribution in [1.29, 1.82) is 0 Å². The fraction of sp³-hybridized carbons (Fsp3) is 0.333. The predicted molar refractivity (Wildman–Crippen MR) is 65.1 cm³/mol. The Balaban J connectivity index is 2.12. The Morgan fingerprint density at radius 3 is 2.60 bits per heavy atom. The molecule has 0 aliphatic carbocycles. The van der Waals surface area contributed by atoms with Crippen LogP contribution in [0.3, 0.4) is 0 Å². The fourth-order valence-electron chi connectivity index (χ4n) is 1.24. The minimum atomic E-state index is -0.261. The Morgan fingerprint density at radius 1 is 1.20 bits per heavy atom. The lowest BCUT2D eigenvalue weighted by atomic mass is 10.2. The Kier molecular flexibility index (Phi) is 5.70. The lowest BCUT2D eigenvalue weighted by Crippen LogP contribution is -2.41. The summed E-state index contributed by atoms with van der Waals surface area (Å²) in [6.07, 6.45) is 4.99. The zero-order valence-electron chi connectivity index (χ0n) is 8.89. The smallest absolute Gasteiger partial charge is 0.0649 e. The summed E-state index contributed by atoms with van der Waals surface area (Å²) in [4.78, 5) is 0. The second kappa shape index (κ2) is 7.17. The third-order valence-corrected chi connectivity index (χ3v) is 1.98. The van der Waals surface area contributed by atoms with Gasteiger partial charge in [0.1, 0.15) is 0 Å². The summed E-state index contributed by atoms with van der Waals surface area (Å²) in [6, 6.07) is 10.2. The summed E-state index contributed by atoms with van der Waals surface area (Å²) >= 11 is 0. The minimum Gasteiger partial charge on any atom is -0.315 e. The van der Waals surface area contributed by atoms with Gasteiger partial charge in [0.05, 0.1) is 6.17 Å². The predicted octanol–water partition coefficient (Wildman–Crippen LogP) is 0.923. The van der Waals surface area contributed by atoms with Gasteiger partial charge in [0.25, 0.3) is 0 Å². The summed E-state index contributed by atoms with van der Waals surface area (Å²) in [5, 5.41) is 3.17. The van der Waals surface area contributed by atoms with Gasteiger partial charge in [-0.1, -0.05) is 42.5 Å². The molecule has 5 N–H and O–H groups in total. The van der Waals surface area contributed by atoms with Gasteiger partial charge in [0.15, 0.2) is 0 Å². The van der Waals surface area contributed by atoms with E-state index in [4.69, 9.17) is 11.5 Å². The van der Waals surface area contributed by atoms with Crippen LogP contribution in [0.15, 0.2) is 36.4 Å². The van der Waals surface area contributed by atoms with Crippen molar-refractivity contribution in [1.82, 2.24) is 5.32 Å². The largest absolute Gasteiger partial charge is 0.315 e. The van der Waals surface area contributed by atoms with Crippen LogP contribution >= 0.6 is 0 Å². The van der Waals surface area contributed by atoms with E-state index in [1.54, 1.807) is 0 Å². The molecule has 0 bridgehead atoms. The lowest BCUT2D eigenvalue weighted by molar-refractivity contribution is 0.596. The highest BCUT2D eigenvalue weighted by Crippen LogP contribution is 2.01. The summed E-state index contributed by atoms with van der Waals surface area (Å²) in [7, 11) is 0. The van der Waals surface area contributed by atoms with Gasteiger partial charge in [-0.3, -0.25) is 0 Å². The van der Waals surface area contributed by atoms with Gasteiger partial charge in [0, 0.05) is 6.54 Å². The highest BCUT2D eigenvalue weighted by Gasteiger charge is 1.90. The Bertz CT molecular complexity index is 280. The molecule has 82 valence electrons. The van der Waals surface area contributed by atoms with E-state index in [1.807, 2.05) is 18.2 Å². The summed E-state index contributed by atoms with van der Waals surface area (Å²) in [6.45, 7) is 1.58. The molecule has 0 atom stereocenters. The number of hydrogen-bond acceptors (Lipinski definition) is 3. The molecule has 0 aliphatic rings. The van der Waals surface area contributed by atoms with Crippen molar-refractivity contribution < 1.29 is 0 Å². The zero-order valence-corrected chi connectivity index (χ0v) is 8.89. The van der Waals surface area contributed by atoms with Gasteiger partial charge in [-0.25, -0.2) is 0 Å². The van der Waals surface area contributed by atoms with Gasteiger partial charge < -0.3 is 16.8 Å². The first-order valence-electron chi connectivity index (χ1n) is 5.22. The van der Waals surface area contributed by atoms with E-state index in [0.29, 0.717) is 6.54 Å². The normalized spacial score (nSPS) is 11.4. The van der Waals surface area contributed by atoms with Crippen LogP contribution in [-0.2, 0) is 0 Å². The van der Waals surface area contributed by atoms with E-state index in [-0.39, 0.29) is 6.17 Å². The molecule has 3 nitrogen and oxygen atoms in total. The summed E-state index contributed by atoms with van der Waals surface area (Å²) in [5.41, 5.74) is 12.0. The Hall–Kier alpha value is -1.16. The maximum Gasteiger partial charge on any atom is 0.0649 e.